The first-order chi connectivity index (χ1) is 9.83. The lowest BCUT2D eigenvalue weighted by molar-refractivity contribution is 0.122. The Morgan fingerprint density at radius 2 is 2.20 bits per heavy atom. The van der Waals surface area contributed by atoms with E-state index in [1.165, 1.54) is 30.0 Å². The molecule has 2 fully saturated rings. The average molecular weight is 293 g/mol. The van der Waals surface area contributed by atoms with Crippen LogP contribution < -0.4 is 10.2 Å². The number of nitrogens with zero attached hydrogens (tertiary/aromatic N) is 2. The van der Waals surface area contributed by atoms with Crippen LogP contribution in [-0.4, -0.2) is 48.8 Å². The van der Waals surface area contributed by atoms with E-state index in [1.807, 2.05) is 11.8 Å². The molecule has 2 aliphatic rings. The molecule has 1 N–H and O–H groups in total. The lowest BCUT2D eigenvalue weighted by Crippen LogP contribution is -2.36. The SMILES string of the molecule is Cc1nc(N2CCOCC2)ccc1N[C@@H]1CCCSC1. The van der Waals surface area contributed by atoms with Gasteiger partial charge in [0.2, 0.25) is 0 Å². The molecular formula is C15H23N3OS. The van der Waals surface area contributed by atoms with E-state index in [2.05, 4.69) is 29.3 Å². The number of nitrogens with one attached hydrogen (secondary N) is 1. The number of aromatic nitrogens is 1. The summed E-state index contributed by atoms with van der Waals surface area (Å²) in [7, 11) is 0. The molecule has 4 nitrogen and oxygen atoms in total. The molecule has 3 rings (SSSR count). The zero-order valence-electron chi connectivity index (χ0n) is 12.1. The molecule has 0 unspecified atom stereocenters. The Bertz CT molecular complexity index is 443. The van der Waals surface area contributed by atoms with E-state index >= 15 is 0 Å². The van der Waals surface area contributed by atoms with Crippen LogP contribution in [0.1, 0.15) is 18.5 Å². The van der Waals surface area contributed by atoms with Gasteiger partial charge in [0.15, 0.2) is 0 Å². The van der Waals surface area contributed by atoms with Gasteiger partial charge in [0.25, 0.3) is 0 Å². The molecule has 0 amide bonds. The number of rotatable bonds is 3. The van der Waals surface area contributed by atoms with Gasteiger partial charge in [-0.15, -0.1) is 0 Å². The minimum atomic E-state index is 0.600. The molecule has 0 bridgehead atoms. The fourth-order valence-electron chi connectivity index (χ4n) is 2.74. The molecule has 2 aliphatic heterocycles. The monoisotopic (exact) mass is 293 g/mol. The van der Waals surface area contributed by atoms with Gasteiger partial charge in [-0.2, -0.15) is 11.8 Å². The largest absolute Gasteiger partial charge is 0.380 e. The third-order valence-corrected chi connectivity index (χ3v) is 5.14. The van der Waals surface area contributed by atoms with Gasteiger partial charge in [-0.05, 0) is 37.7 Å². The predicted molar refractivity (Wildman–Crippen MR) is 86.0 cm³/mol. The van der Waals surface area contributed by atoms with Crippen LogP contribution in [0.3, 0.4) is 0 Å². The molecule has 1 aromatic rings. The van der Waals surface area contributed by atoms with Crippen LogP contribution in [0.2, 0.25) is 0 Å². The van der Waals surface area contributed by atoms with Gasteiger partial charge in [0.05, 0.1) is 24.6 Å². The van der Waals surface area contributed by atoms with E-state index in [1.54, 1.807) is 0 Å². The van der Waals surface area contributed by atoms with Crippen molar-refractivity contribution in [3.05, 3.63) is 17.8 Å². The maximum Gasteiger partial charge on any atom is 0.129 e. The van der Waals surface area contributed by atoms with Gasteiger partial charge >= 0.3 is 0 Å². The van der Waals surface area contributed by atoms with Crippen LogP contribution in [0.4, 0.5) is 11.5 Å². The zero-order chi connectivity index (χ0) is 13.8. The minimum Gasteiger partial charge on any atom is -0.380 e. The zero-order valence-corrected chi connectivity index (χ0v) is 12.9. The van der Waals surface area contributed by atoms with Crippen LogP contribution in [0.5, 0.6) is 0 Å². The normalized spacial score (nSPS) is 23.6. The van der Waals surface area contributed by atoms with Crippen LogP contribution >= 0.6 is 11.8 Å². The number of hydrogen-bond donors (Lipinski definition) is 1. The lowest BCUT2D eigenvalue weighted by Gasteiger charge is -2.29. The molecule has 2 saturated heterocycles. The van der Waals surface area contributed by atoms with E-state index in [0.29, 0.717) is 6.04 Å². The quantitative estimate of drug-likeness (QED) is 0.927. The molecule has 110 valence electrons. The van der Waals surface area contributed by atoms with Crippen molar-refractivity contribution in [1.29, 1.82) is 0 Å². The minimum absolute atomic E-state index is 0.600. The Kier molecular flexibility index (Phi) is 4.68. The summed E-state index contributed by atoms with van der Waals surface area (Å²) in [4.78, 5) is 7.07. The first kappa shape index (κ1) is 14.0. The summed E-state index contributed by atoms with van der Waals surface area (Å²) in [6, 6.07) is 4.92. The molecule has 0 radical (unpaired) electrons. The van der Waals surface area contributed by atoms with Gasteiger partial charge in [0.1, 0.15) is 5.82 Å². The van der Waals surface area contributed by atoms with Gasteiger partial charge in [-0.3, -0.25) is 0 Å². The van der Waals surface area contributed by atoms with Crippen molar-refractivity contribution in [3.8, 4) is 0 Å². The van der Waals surface area contributed by atoms with E-state index in [-0.39, 0.29) is 0 Å². The van der Waals surface area contributed by atoms with Crippen molar-refractivity contribution >= 4 is 23.3 Å². The first-order valence-electron chi connectivity index (χ1n) is 7.47. The number of morpholine rings is 1. The predicted octanol–water partition coefficient (Wildman–Crippen LogP) is 2.53. The third kappa shape index (κ3) is 3.38. The number of hydrogen-bond acceptors (Lipinski definition) is 5. The Balaban J connectivity index is 1.66. The van der Waals surface area contributed by atoms with Gasteiger partial charge in [-0.1, -0.05) is 0 Å². The van der Waals surface area contributed by atoms with E-state index in [4.69, 9.17) is 9.72 Å². The highest BCUT2D eigenvalue weighted by molar-refractivity contribution is 7.99. The second-order valence-corrected chi connectivity index (χ2v) is 6.61. The first-order valence-corrected chi connectivity index (χ1v) is 8.63. The van der Waals surface area contributed by atoms with Gasteiger partial charge < -0.3 is 15.0 Å². The summed E-state index contributed by atoms with van der Waals surface area (Å²) in [5.74, 6) is 3.60. The summed E-state index contributed by atoms with van der Waals surface area (Å²) >= 11 is 2.05. The van der Waals surface area contributed by atoms with E-state index in [9.17, 15) is 0 Å². The maximum atomic E-state index is 5.39. The Labute approximate surface area is 125 Å². The van der Waals surface area contributed by atoms with E-state index < -0.39 is 0 Å². The molecule has 5 heteroatoms. The second-order valence-electron chi connectivity index (χ2n) is 5.46. The van der Waals surface area contributed by atoms with Crippen LogP contribution in [0.25, 0.3) is 0 Å². The Hall–Kier alpha value is -0.940. The Morgan fingerprint density at radius 3 is 2.90 bits per heavy atom. The van der Waals surface area contributed by atoms with Crippen LogP contribution in [0.15, 0.2) is 12.1 Å². The summed E-state index contributed by atoms with van der Waals surface area (Å²) in [5, 5.41) is 3.65. The standard InChI is InChI=1S/C15H23N3OS/c1-12-14(17-13-3-2-10-20-11-13)4-5-15(16-12)18-6-8-19-9-7-18/h4-5,13,17H,2-3,6-11H2,1H3/t13-/m1/s1. The highest BCUT2D eigenvalue weighted by Crippen LogP contribution is 2.24. The van der Waals surface area contributed by atoms with Crippen molar-refractivity contribution in [2.24, 2.45) is 0 Å². The summed E-state index contributed by atoms with van der Waals surface area (Å²) in [6.07, 6.45) is 2.60. The molecule has 1 atom stereocenters. The highest BCUT2D eigenvalue weighted by Gasteiger charge is 2.16. The van der Waals surface area contributed by atoms with Crippen molar-refractivity contribution in [1.82, 2.24) is 4.98 Å². The summed E-state index contributed by atoms with van der Waals surface area (Å²) < 4.78 is 5.39. The molecule has 0 aliphatic carbocycles. The molecule has 20 heavy (non-hydrogen) atoms. The van der Waals surface area contributed by atoms with Crippen molar-refractivity contribution < 1.29 is 4.74 Å². The second kappa shape index (κ2) is 6.68. The maximum absolute atomic E-state index is 5.39. The smallest absolute Gasteiger partial charge is 0.129 e. The van der Waals surface area contributed by atoms with Crippen molar-refractivity contribution in [3.63, 3.8) is 0 Å². The van der Waals surface area contributed by atoms with Crippen LogP contribution in [0, 0.1) is 6.92 Å². The van der Waals surface area contributed by atoms with Crippen LogP contribution in [-0.2, 0) is 4.74 Å². The number of ether oxygens (including phenoxy) is 1. The molecule has 0 saturated carbocycles. The topological polar surface area (TPSA) is 37.4 Å². The number of pyridine rings is 1. The van der Waals surface area contributed by atoms with Gasteiger partial charge in [0, 0.05) is 24.9 Å². The number of thioether (sulfide) groups is 1. The summed E-state index contributed by atoms with van der Waals surface area (Å²) in [5.41, 5.74) is 2.29. The molecule has 3 heterocycles. The Morgan fingerprint density at radius 1 is 1.35 bits per heavy atom. The average Bonchev–Trinajstić information content (AvgIpc) is 2.51. The van der Waals surface area contributed by atoms with Crippen molar-refractivity contribution in [2.45, 2.75) is 25.8 Å². The highest BCUT2D eigenvalue weighted by atomic mass is 32.2. The van der Waals surface area contributed by atoms with Gasteiger partial charge in [-0.25, -0.2) is 4.98 Å². The summed E-state index contributed by atoms with van der Waals surface area (Å²) in [6.45, 7) is 5.60. The fraction of sp³-hybridized carbons (Fsp3) is 0.667. The molecular weight excluding hydrogens is 270 g/mol. The molecule has 1 aromatic heterocycles. The van der Waals surface area contributed by atoms with E-state index in [0.717, 1.165) is 37.8 Å². The molecule has 0 spiro atoms. The number of aryl methyl sites for hydroxylation is 1. The third-order valence-electron chi connectivity index (χ3n) is 3.93. The molecule has 0 aromatic carbocycles. The number of anilines is 2. The fourth-order valence-corrected chi connectivity index (χ4v) is 3.82. The lowest BCUT2D eigenvalue weighted by atomic mass is 10.1. The van der Waals surface area contributed by atoms with Crippen molar-refractivity contribution in [2.75, 3.05) is 48.0 Å².